The maximum Gasteiger partial charge on any atom is 0.275 e. The van der Waals surface area contributed by atoms with E-state index in [1.54, 1.807) is 17.1 Å². The lowest BCUT2D eigenvalue weighted by atomic mass is 9.99. The number of aromatic amines is 1. The molecule has 2 aromatic heterocycles. The molecule has 3 aliphatic rings. The molecule has 0 spiro atoms. The summed E-state index contributed by atoms with van der Waals surface area (Å²) in [5.74, 6) is -0.259. The maximum absolute atomic E-state index is 14.2. The van der Waals surface area contributed by atoms with Crippen LogP contribution in [0.15, 0.2) is 30.6 Å². The number of benzene rings is 1. The SMILES string of the molecule is CC(=C1C(=O)N(N2CCOCC2)c2ncnc(Nc3ccc(F)c(Cl)c3)c21)c1[nH]c(C(=O)NCCN2CCOCC2)cc1C. The average molecular weight is 625 g/mol. The molecule has 6 rings (SSSR count). The summed E-state index contributed by atoms with van der Waals surface area (Å²) < 4.78 is 24.8. The van der Waals surface area contributed by atoms with E-state index in [2.05, 4.69) is 30.5 Å². The summed E-state index contributed by atoms with van der Waals surface area (Å²) in [5, 5.41) is 9.61. The van der Waals surface area contributed by atoms with Gasteiger partial charge in [0, 0.05) is 50.6 Å². The number of morpholine rings is 2. The molecule has 1 aromatic carbocycles. The Bertz CT molecular complexity index is 1600. The molecule has 3 N–H and O–H groups in total. The van der Waals surface area contributed by atoms with Gasteiger partial charge < -0.3 is 25.1 Å². The number of amides is 2. The first-order valence-electron chi connectivity index (χ1n) is 14.6. The van der Waals surface area contributed by atoms with Crippen molar-refractivity contribution in [3.8, 4) is 0 Å². The van der Waals surface area contributed by atoms with Crippen molar-refractivity contribution >= 4 is 51.9 Å². The number of hydrogen-bond acceptors (Lipinski definition) is 9. The smallest absolute Gasteiger partial charge is 0.275 e. The number of aryl methyl sites for hydroxylation is 1. The number of H-pyrrole nitrogens is 1. The van der Waals surface area contributed by atoms with Gasteiger partial charge in [0.25, 0.3) is 11.8 Å². The molecule has 3 aliphatic heterocycles. The van der Waals surface area contributed by atoms with Crippen LogP contribution in [0.4, 0.5) is 21.7 Å². The zero-order chi connectivity index (χ0) is 30.8. The van der Waals surface area contributed by atoms with Gasteiger partial charge in [0.15, 0.2) is 5.82 Å². The van der Waals surface area contributed by atoms with Gasteiger partial charge in [-0.1, -0.05) is 11.6 Å². The highest BCUT2D eigenvalue weighted by Crippen LogP contribution is 2.44. The largest absolute Gasteiger partial charge is 0.379 e. The van der Waals surface area contributed by atoms with Gasteiger partial charge in [0.2, 0.25) is 0 Å². The van der Waals surface area contributed by atoms with Crippen molar-refractivity contribution in [1.82, 2.24) is 30.2 Å². The first-order chi connectivity index (χ1) is 21.3. The van der Waals surface area contributed by atoms with Gasteiger partial charge in [-0.3, -0.25) is 14.5 Å². The number of carbonyl (C=O) groups excluding carboxylic acids is 2. The van der Waals surface area contributed by atoms with Crippen molar-refractivity contribution in [3.63, 3.8) is 0 Å². The number of ether oxygens (including phenoxy) is 2. The second-order valence-corrected chi connectivity index (χ2v) is 11.2. The zero-order valence-corrected chi connectivity index (χ0v) is 25.3. The van der Waals surface area contributed by atoms with E-state index in [1.807, 2.05) is 18.9 Å². The maximum atomic E-state index is 14.2. The molecule has 0 atom stereocenters. The highest BCUT2D eigenvalue weighted by molar-refractivity contribution is 6.38. The van der Waals surface area contributed by atoms with E-state index in [0.29, 0.717) is 91.5 Å². The molecule has 0 unspecified atom stereocenters. The number of carbonyl (C=O) groups is 2. The monoisotopic (exact) mass is 624 g/mol. The Balaban J connectivity index is 1.34. The van der Waals surface area contributed by atoms with Crippen molar-refractivity contribution < 1.29 is 23.5 Å². The summed E-state index contributed by atoms with van der Waals surface area (Å²) in [6, 6.07) is 6.04. The van der Waals surface area contributed by atoms with Crippen LogP contribution in [0.5, 0.6) is 0 Å². The highest BCUT2D eigenvalue weighted by atomic mass is 35.5. The first-order valence-corrected chi connectivity index (χ1v) is 14.9. The summed E-state index contributed by atoms with van der Waals surface area (Å²) >= 11 is 6.04. The fourth-order valence-electron chi connectivity index (χ4n) is 5.69. The molecule has 2 saturated heterocycles. The van der Waals surface area contributed by atoms with Crippen molar-refractivity contribution in [2.75, 3.05) is 76.0 Å². The van der Waals surface area contributed by atoms with Crippen LogP contribution in [0.2, 0.25) is 5.02 Å². The summed E-state index contributed by atoms with van der Waals surface area (Å²) in [6.45, 7) is 10.0. The number of aromatic nitrogens is 3. The van der Waals surface area contributed by atoms with E-state index in [4.69, 9.17) is 21.1 Å². The van der Waals surface area contributed by atoms with E-state index in [0.717, 1.165) is 25.2 Å². The van der Waals surface area contributed by atoms with Crippen molar-refractivity contribution in [3.05, 3.63) is 63.9 Å². The fraction of sp³-hybridized carbons (Fsp3) is 0.400. The minimum Gasteiger partial charge on any atom is -0.379 e. The molecule has 5 heterocycles. The molecular formula is C30H34ClFN8O4. The second-order valence-electron chi connectivity index (χ2n) is 10.8. The molecule has 12 nitrogen and oxygen atoms in total. The number of fused-ring (bicyclic) bond motifs is 1. The highest BCUT2D eigenvalue weighted by Gasteiger charge is 2.42. The van der Waals surface area contributed by atoms with Crippen LogP contribution in [0.1, 0.15) is 34.2 Å². The topological polar surface area (TPSA) is 128 Å². The number of halogens is 2. The minimum atomic E-state index is -0.543. The van der Waals surface area contributed by atoms with Crippen LogP contribution >= 0.6 is 11.6 Å². The third-order valence-corrected chi connectivity index (χ3v) is 8.25. The number of nitrogens with one attached hydrogen (secondary N) is 3. The lowest BCUT2D eigenvalue weighted by molar-refractivity contribution is -0.117. The zero-order valence-electron chi connectivity index (χ0n) is 24.6. The van der Waals surface area contributed by atoms with Crippen LogP contribution in [0, 0.1) is 12.7 Å². The van der Waals surface area contributed by atoms with Gasteiger partial charge in [0.05, 0.1) is 42.6 Å². The number of allylic oxidation sites excluding steroid dienone is 1. The average Bonchev–Trinajstić information content (AvgIpc) is 3.57. The van der Waals surface area contributed by atoms with E-state index in [1.165, 1.54) is 18.5 Å². The molecule has 0 bridgehead atoms. The summed E-state index contributed by atoms with van der Waals surface area (Å²) in [7, 11) is 0. The molecule has 44 heavy (non-hydrogen) atoms. The Kier molecular flexibility index (Phi) is 8.91. The summed E-state index contributed by atoms with van der Waals surface area (Å²) in [4.78, 5) is 41.8. The summed E-state index contributed by atoms with van der Waals surface area (Å²) in [5.41, 5.74) is 3.87. The minimum absolute atomic E-state index is 0.0450. The number of hydrazine groups is 1. The molecule has 0 saturated carbocycles. The van der Waals surface area contributed by atoms with Crippen molar-refractivity contribution in [1.29, 1.82) is 0 Å². The molecular weight excluding hydrogens is 591 g/mol. The van der Waals surface area contributed by atoms with E-state index >= 15 is 0 Å². The van der Waals surface area contributed by atoms with Gasteiger partial charge in [-0.2, -0.15) is 0 Å². The lowest BCUT2D eigenvalue weighted by Gasteiger charge is -2.33. The quantitative estimate of drug-likeness (QED) is 0.324. The Labute approximate surface area is 259 Å². The number of rotatable bonds is 8. The molecule has 2 amide bonds. The van der Waals surface area contributed by atoms with E-state index in [9.17, 15) is 14.0 Å². The van der Waals surface area contributed by atoms with E-state index < -0.39 is 5.82 Å². The van der Waals surface area contributed by atoms with Crippen LogP contribution in [0.3, 0.4) is 0 Å². The number of nitrogens with zero attached hydrogens (tertiary/aromatic N) is 5. The van der Waals surface area contributed by atoms with Crippen molar-refractivity contribution in [2.24, 2.45) is 0 Å². The standard InChI is InChI=1S/C30H34ClFN8O4/c1-18-15-23(29(41)33-5-6-38-7-11-43-12-8-38)37-26(18)19(2)24-25-27(36-20-3-4-22(32)21(31)16-20)34-17-35-28(25)40(30(24)42)39-9-13-44-14-10-39/h3-4,15-17,37H,5-14H2,1-2H3,(H,33,41)(H,34,35,36). The fourth-order valence-corrected chi connectivity index (χ4v) is 5.87. The number of anilines is 3. The Morgan fingerprint density at radius 1 is 1.09 bits per heavy atom. The van der Waals surface area contributed by atoms with Crippen LogP contribution in [-0.4, -0.2) is 102 Å². The molecule has 3 aromatic rings. The predicted octanol–water partition coefficient (Wildman–Crippen LogP) is 3.24. The molecule has 0 aliphatic carbocycles. The Morgan fingerprint density at radius 2 is 1.82 bits per heavy atom. The van der Waals surface area contributed by atoms with Gasteiger partial charge in [-0.25, -0.2) is 24.4 Å². The van der Waals surface area contributed by atoms with Gasteiger partial charge in [-0.05, 0) is 49.2 Å². The van der Waals surface area contributed by atoms with Crippen LogP contribution < -0.4 is 15.6 Å². The summed E-state index contributed by atoms with van der Waals surface area (Å²) in [6.07, 6.45) is 1.38. The third-order valence-electron chi connectivity index (χ3n) is 7.96. The Morgan fingerprint density at radius 3 is 2.55 bits per heavy atom. The van der Waals surface area contributed by atoms with Gasteiger partial charge in [0.1, 0.15) is 23.7 Å². The van der Waals surface area contributed by atoms with Gasteiger partial charge in [-0.15, -0.1) is 0 Å². The molecule has 14 heteroatoms. The number of hydrogen-bond donors (Lipinski definition) is 3. The lowest BCUT2D eigenvalue weighted by Crippen LogP contribution is -2.50. The second kappa shape index (κ2) is 13.0. The molecule has 232 valence electrons. The molecule has 0 radical (unpaired) electrons. The first kappa shape index (κ1) is 30.2. The Hall–Kier alpha value is -3.88. The normalized spacial score (nSPS) is 18.8. The van der Waals surface area contributed by atoms with Crippen LogP contribution in [-0.2, 0) is 14.3 Å². The third kappa shape index (κ3) is 6.06. The van der Waals surface area contributed by atoms with Crippen molar-refractivity contribution in [2.45, 2.75) is 13.8 Å². The van der Waals surface area contributed by atoms with E-state index in [-0.39, 0.29) is 16.8 Å². The predicted molar refractivity (Wildman–Crippen MR) is 164 cm³/mol. The molecule has 2 fully saturated rings. The van der Waals surface area contributed by atoms with Gasteiger partial charge >= 0.3 is 0 Å². The van der Waals surface area contributed by atoms with Crippen LogP contribution in [0.25, 0.3) is 11.1 Å².